The van der Waals surface area contributed by atoms with Crippen molar-refractivity contribution in [3.63, 3.8) is 0 Å². The molecule has 3 nitrogen and oxygen atoms in total. The third kappa shape index (κ3) is 2.00. The Morgan fingerprint density at radius 3 is 2.50 bits per heavy atom. The molecule has 2 aromatic heterocycles. The molecular formula is C10H13IN2O. The van der Waals surface area contributed by atoms with E-state index < -0.39 is 0 Å². The van der Waals surface area contributed by atoms with Gasteiger partial charge in [-0.3, -0.25) is 0 Å². The summed E-state index contributed by atoms with van der Waals surface area (Å²) < 4.78 is 9.58. The third-order valence-corrected chi connectivity index (χ3v) is 2.05. The molecule has 0 saturated carbocycles. The first kappa shape index (κ1) is 11.3. The van der Waals surface area contributed by atoms with E-state index in [4.69, 9.17) is 4.42 Å². The normalized spacial score (nSPS) is 9.93. The van der Waals surface area contributed by atoms with Crippen LogP contribution in [0.2, 0.25) is 0 Å². The van der Waals surface area contributed by atoms with Crippen LogP contribution in [0, 0.1) is 6.92 Å². The van der Waals surface area contributed by atoms with Gasteiger partial charge in [0.25, 0.3) is 0 Å². The molecule has 0 aliphatic carbocycles. The number of aromatic nitrogens is 2. The summed E-state index contributed by atoms with van der Waals surface area (Å²) in [6, 6.07) is 3.97. The smallest absolute Gasteiger partial charge is 0.243 e. The molecule has 0 aliphatic heterocycles. The summed E-state index contributed by atoms with van der Waals surface area (Å²) >= 11 is 0. The Labute approximate surface area is 100 Å². The monoisotopic (exact) mass is 304 g/mol. The van der Waals surface area contributed by atoms with Crippen molar-refractivity contribution in [1.82, 2.24) is 4.57 Å². The Morgan fingerprint density at radius 2 is 2.07 bits per heavy atom. The van der Waals surface area contributed by atoms with Gasteiger partial charge >= 0.3 is 0 Å². The van der Waals surface area contributed by atoms with Crippen molar-refractivity contribution in [2.24, 2.45) is 14.1 Å². The maximum Gasteiger partial charge on any atom is 0.243 e. The molecule has 0 bridgehead atoms. The van der Waals surface area contributed by atoms with Gasteiger partial charge in [0, 0.05) is 0 Å². The van der Waals surface area contributed by atoms with Crippen LogP contribution in [-0.4, -0.2) is 4.57 Å². The first-order valence-electron chi connectivity index (χ1n) is 4.25. The lowest BCUT2D eigenvalue weighted by molar-refractivity contribution is -0.670. The second-order valence-electron chi connectivity index (χ2n) is 3.32. The molecule has 4 heteroatoms. The zero-order valence-electron chi connectivity index (χ0n) is 8.49. The first-order valence-corrected chi connectivity index (χ1v) is 4.25. The van der Waals surface area contributed by atoms with Gasteiger partial charge in [-0.25, -0.2) is 9.13 Å². The van der Waals surface area contributed by atoms with Crippen LogP contribution in [0.25, 0.3) is 11.5 Å². The zero-order chi connectivity index (χ0) is 9.42. The van der Waals surface area contributed by atoms with Crippen molar-refractivity contribution in [2.75, 3.05) is 0 Å². The Bertz CT molecular complexity index is 431. The SMILES string of the molecule is Cc1ccc(-c2c[n+](C)cn2C)o1.[I-]. The summed E-state index contributed by atoms with van der Waals surface area (Å²) in [4.78, 5) is 0. The molecule has 0 N–H and O–H groups in total. The molecule has 0 radical (unpaired) electrons. The van der Waals surface area contributed by atoms with Gasteiger partial charge in [0.15, 0.2) is 5.76 Å². The second-order valence-corrected chi connectivity index (χ2v) is 3.32. The van der Waals surface area contributed by atoms with Crippen LogP contribution < -0.4 is 28.5 Å². The fourth-order valence-corrected chi connectivity index (χ4v) is 1.46. The van der Waals surface area contributed by atoms with Crippen molar-refractivity contribution < 1.29 is 33.0 Å². The number of hydrogen-bond donors (Lipinski definition) is 0. The minimum absolute atomic E-state index is 0. The number of nitrogens with zero attached hydrogens (tertiary/aromatic N) is 2. The van der Waals surface area contributed by atoms with Crippen LogP contribution in [0.1, 0.15) is 5.76 Å². The number of imidazole rings is 1. The Balaban J connectivity index is 0.000000980. The zero-order valence-corrected chi connectivity index (χ0v) is 10.6. The minimum atomic E-state index is 0. The molecule has 2 heterocycles. The highest BCUT2D eigenvalue weighted by Gasteiger charge is 2.13. The average molecular weight is 304 g/mol. The van der Waals surface area contributed by atoms with Gasteiger partial charge in [0.2, 0.25) is 12.0 Å². The van der Waals surface area contributed by atoms with E-state index in [1.165, 1.54) is 0 Å². The van der Waals surface area contributed by atoms with E-state index in [9.17, 15) is 0 Å². The predicted molar refractivity (Wildman–Crippen MR) is 49.0 cm³/mol. The summed E-state index contributed by atoms with van der Waals surface area (Å²) in [5.41, 5.74) is 1.09. The van der Waals surface area contributed by atoms with Gasteiger partial charge in [0.1, 0.15) is 12.0 Å². The maximum atomic E-state index is 5.53. The van der Waals surface area contributed by atoms with Crippen LogP contribution in [0.3, 0.4) is 0 Å². The topological polar surface area (TPSA) is 21.9 Å². The lowest BCUT2D eigenvalue weighted by atomic mass is 10.3. The molecule has 0 unspecified atom stereocenters. The summed E-state index contributed by atoms with van der Waals surface area (Å²) in [7, 11) is 4.01. The second kappa shape index (κ2) is 4.16. The Morgan fingerprint density at radius 1 is 1.36 bits per heavy atom. The molecule has 14 heavy (non-hydrogen) atoms. The summed E-state index contributed by atoms with van der Waals surface area (Å²) in [6.45, 7) is 1.95. The van der Waals surface area contributed by atoms with Gasteiger partial charge < -0.3 is 28.4 Å². The van der Waals surface area contributed by atoms with Crippen LogP contribution >= 0.6 is 0 Å². The van der Waals surface area contributed by atoms with Gasteiger partial charge in [-0.1, -0.05) is 0 Å². The molecule has 0 aromatic carbocycles. The molecule has 0 saturated heterocycles. The molecule has 0 fully saturated rings. The van der Waals surface area contributed by atoms with Gasteiger partial charge in [0.05, 0.1) is 14.1 Å². The van der Waals surface area contributed by atoms with E-state index in [-0.39, 0.29) is 24.0 Å². The van der Waals surface area contributed by atoms with Gasteiger partial charge in [-0.05, 0) is 19.1 Å². The lowest BCUT2D eigenvalue weighted by Gasteiger charge is -1.89. The standard InChI is InChI=1S/C10H13N2O.HI/c1-8-4-5-10(13-8)9-6-11(2)7-12(9)3;/h4-7H,1-3H3;1H/q+1;/p-1. The molecule has 2 rings (SSSR count). The largest absolute Gasteiger partial charge is 1.00 e. The predicted octanol–water partition coefficient (Wildman–Crippen LogP) is -1.58. The van der Waals surface area contributed by atoms with E-state index in [0.29, 0.717) is 0 Å². The average Bonchev–Trinajstić information content (AvgIpc) is 2.58. The fraction of sp³-hybridized carbons (Fsp3) is 0.300. The van der Waals surface area contributed by atoms with Crippen LogP contribution in [0.5, 0.6) is 0 Å². The third-order valence-electron chi connectivity index (χ3n) is 2.05. The molecule has 2 aromatic rings. The summed E-state index contributed by atoms with van der Waals surface area (Å²) in [5, 5.41) is 0. The van der Waals surface area contributed by atoms with Crippen LogP contribution in [-0.2, 0) is 14.1 Å². The quantitative estimate of drug-likeness (QED) is 0.460. The number of aryl methyl sites for hydroxylation is 3. The number of furan rings is 1. The molecule has 0 spiro atoms. The maximum absolute atomic E-state index is 5.53. The Hall–Kier alpha value is -0.780. The van der Waals surface area contributed by atoms with Gasteiger partial charge in [-0.15, -0.1) is 0 Å². The van der Waals surface area contributed by atoms with Crippen LogP contribution in [0.15, 0.2) is 29.1 Å². The van der Waals surface area contributed by atoms with Gasteiger partial charge in [-0.2, -0.15) is 0 Å². The number of rotatable bonds is 1. The fourth-order valence-electron chi connectivity index (χ4n) is 1.46. The van der Waals surface area contributed by atoms with Crippen molar-refractivity contribution in [1.29, 1.82) is 0 Å². The van der Waals surface area contributed by atoms with E-state index in [0.717, 1.165) is 17.2 Å². The minimum Gasteiger partial charge on any atom is -1.00 e. The van der Waals surface area contributed by atoms with Crippen molar-refractivity contribution in [2.45, 2.75) is 6.92 Å². The highest BCUT2D eigenvalue weighted by molar-refractivity contribution is 5.50. The molecule has 0 amide bonds. The molecule has 0 aliphatic rings. The Kier molecular flexibility index (Phi) is 3.36. The summed E-state index contributed by atoms with van der Waals surface area (Å²) in [5.74, 6) is 1.86. The number of halogens is 1. The highest BCUT2D eigenvalue weighted by atomic mass is 127. The van der Waals surface area contributed by atoms with Crippen molar-refractivity contribution in [3.8, 4) is 11.5 Å². The van der Waals surface area contributed by atoms with Crippen molar-refractivity contribution >= 4 is 0 Å². The van der Waals surface area contributed by atoms with Crippen molar-refractivity contribution in [3.05, 3.63) is 30.4 Å². The molecule has 0 atom stereocenters. The first-order chi connectivity index (χ1) is 6.16. The highest BCUT2D eigenvalue weighted by Crippen LogP contribution is 2.19. The molecule has 76 valence electrons. The number of hydrogen-bond acceptors (Lipinski definition) is 1. The van der Waals surface area contributed by atoms with E-state index >= 15 is 0 Å². The summed E-state index contributed by atoms with van der Waals surface area (Å²) in [6.07, 6.45) is 4.05. The van der Waals surface area contributed by atoms with E-state index in [1.54, 1.807) is 0 Å². The van der Waals surface area contributed by atoms with Crippen LogP contribution in [0.4, 0.5) is 0 Å². The molecular weight excluding hydrogens is 291 g/mol. The van der Waals surface area contributed by atoms with E-state index in [2.05, 4.69) is 0 Å². The van der Waals surface area contributed by atoms with E-state index in [1.807, 2.05) is 54.8 Å². The lowest BCUT2D eigenvalue weighted by Crippen LogP contribution is -3.00.